The molecule has 0 fully saturated rings. The van der Waals surface area contributed by atoms with Gasteiger partial charge in [-0.15, -0.1) is 0 Å². The molecule has 1 heterocycles. The number of rotatable bonds is 6. The second-order valence-electron chi connectivity index (χ2n) is 6.84. The number of fused-ring (bicyclic) bond motifs is 1. The second-order valence-corrected chi connectivity index (χ2v) is 7.76. The zero-order valence-electron chi connectivity index (χ0n) is 17.4. The summed E-state index contributed by atoms with van der Waals surface area (Å²) in [5.41, 5.74) is 0.744. The van der Waals surface area contributed by atoms with E-state index in [0.29, 0.717) is 34.5 Å². The van der Waals surface area contributed by atoms with Gasteiger partial charge < -0.3 is 9.47 Å². The van der Waals surface area contributed by atoms with Crippen LogP contribution in [0.1, 0.15) is 18.3 Å². The first-order valence-electron chi connectivity index (χ1n) is 9.86. The van der Waals surface area contributed by atoms with Crippen molar-refractivity contribution in [3.05, 3.63) is 92.7 Å². The van der Waals surface area contributed by atoms with Crippen molar-refractivity contribution in [3.8, 4) is 17.2 Å². The number of halogens is 2. The Hall–Kier alpha value is -3.52. The fourth-order valence-corrected chi connectivity index (χ4v) is 3.55. The van der Waals surface area contributed by atoms with Crippen molar-refractivity contribution in [2.24, 2.45) is 5.10 Å². The number of aromatic nitrogens is 2. The van der Waals surface area contributed by atoms with Crippen LogP contribution in [0.4, 0.5) is 4.39 Å². The van der Waals surface area contributed by atoms with Crippen molar-refractivity contribution in [1.82, 2.24) is 9.66 Å². The Morgan fingerprint density at radius 1 is 1.12 bits per heavy atom. The lowest BCUT2D eigenvalue weighted by molar-refractivity contribution is 0.401. The van der Waals surface area contributed by atoms with E-state index in [1.54, 1.807) is 36.4 Å². The number of hydrogen-bond acceptors (Lipinski definition) is 5. The summed E-state index contributed by atoms with van der Waals surface area (Å²) in [5.74, 6) is 0.694. The molecule has 3 aromatic carbocycles. The number of para-hydroxylation sites is 1. The Morgan fingerprint density at radius 3 is 2.62 bits per heavy atom. The van der Waals surface area contributed by atoms with E-state index in [4.69, 9.17) is 9.47 Å². The molecule has 0 radical (unpaired) electrons. The molecule has 8 heteroatoms. The van der Waals surface area contributed by atoms with Crippen molar-refractivity contribution in [2.75, 3.05) is 7.11 Å². The third kappa shape index (κ3) is 4.40. The summed E-state index contributed by atoms with van der Waals surface area (Å²) in [7, 11) is 1.43. The minimum atomic E-state index is -0.577. The van der Waals surface area contributed by atoms with E-state index in [2.05, 4.69) is 26.0 Å². The van der Waals surface area contributed by atoms with Gasteiger partial charge >= 0.3 is 0 Å². The Morgan fingerprint density at radius 2 is 1.91 bits per heavy atom. The van der Waals surface area contributed by atoms with E-state index in [-0.39, 0.29) is 17.1 Å². The predicted octanol–water partition coefficient (Wildman–Crippen LogP) is 5.54. The van der Waals surface area contributed by atoms with Gasteiger partial charge in [-0.05, 0) is 36.4 Å². The van der Waals surface area contributed by atoms with Crippen LogP contribution in [0.3, 0.4) is 0 Å². The monoisotopic (exact) mass is 495 g/mol. The normalized spacial score (nSPS) is 11.2. The van der Waals surface area contributed by atoms with Gasteiger partial charge in [0.1, 0.15) is 17.3 Å². The van der Waals surface area contributed by atoms with E-state index >= 15 is 0 Å². The summed E-state index contributed by atoms with van der Waals surface area (Å²) in [6, 6.07) is 16.9. The summed E-state index contributed by atoms with van der Waals surface area (Å²) < 4.78 is 27.5. The van der Waals surface area contributed by atoms with Gasteiger partial charge in [-0.2, -0.15) is 9.78 Å². The summed E-state index contributed by atoms with van der Waals surface area (Å²) >= 11 is 3.38. The number of methoxy groups -OCH3 is 1. The maximum absolute atomic E-state index is 14.5. The molecule has 0 saturated heterocycles. The summed E-state index contributed by atoms with van der Waals surface area (Å²) in [4.78, 5) is 17.6. The quantitative estimate of drug-likeness (QED) is 0.329. The zero-order chi connectivity index (χ0) is 22.7. The highest BCUT2D eigenvalue weighted by Gasteiger charge is 2.13. The predicted molar refractivity (Wildman–Crippen MR) is 126 cm³/mol. The van der Waals surface area contributed by atoms with Crippen LogP contribution in [0.5, 0.6) is 17.2 Å². The topological polar surface area (TPSA) is 65.7 Å². The van der Waals surface area contributed by atoms with Gasteiger partial charge in [0, 0.05) is 22.5 Å². The van der Waals surface area contributed by atoms with Gasteiger partial charge in [-0.1, -0.05) is 41.1 Å². The lowest BCUT2D eigenvalue weighted by Gasteiger charge is -2.11. The molecule has 32 heavy (non-hydrogen) atoms. The summed E-state index contributed by atoms with van der Waals surface area (Å²) in [6.45, 7) is 1.89. The molecule has 0 bridgehead atoms. The number of hydrogen-bond donors (Lipinski definition) is 0. The molecule has 4 aromatic rings. The fourth-order valence-electron chi connectivity index (χ4n) is 3.18. The van der Waals surface area contributed by atoms with Gasteiger partial charge in [0.05, 0.1) is 24.2 Å². The fraction of sp³-hybridized carbons (Fsp3) is 0.125. The van der Waals surface area contributed by atoms with Gasteiger partial charge in [0.2, 0.25) is 0 Å². The second kappa shape index (κ2) is 9.32. The largest absolute Gasteiger partial charge is 0.496 e. The lowest BCUT2D eigenvalue weighted by atomic mass is 10.2. The molecule has 162 valence electrons. The zero-order valence-corrected chi connectivity index (χ0v) is 19.0. The molecular formula is C24H19BrFN3O3. The first kappa shape index (κ1) is 21.7. The van der Waals surface area contributed by atoms with Gasteiger partial charge in [-0.25, -0.2) is 9.37 Å². The highest BCUT2D eigenvalue weighted by Crippen LogP contribution is 2.30. The molecule has 6 nitrogen and oxygen atoms in total. The average Bonchev–Trinajstić information content (AvgIpc) is 2.81. The highest BCUT2D eigenvalue weighted by atomic mass is 79.9. The van der Waals surface area contributed by atoms with E-state index < -0.39 is 5.82 Å². The van der Waals surface area contributed by atoms with E-state index in [1.807, 2.05) is 19.1 Å². The van der Waals surface area contributed by atoms with Crippen molar-refractivity contribution in [2.45, 2.75) is 13.3 Å². The van der Waals surface area contributed by atoms with E-state index in [1.165, 1.54) is 30.1 Å². The number of benzene rings is 3. The standard InChI is InChI=1S/C24H19BrFN3O3/c1-3-23-28-20-10-9-16(25)12-18(20)24(30)29(23)27-14-15-11-22(19(26)13-21(15)31-2)32-17-7-5-4-6-8-17/h4-14H,3H2,1-2H3. The van der Waals surface area contributed by atoms with Gasteiger partial charge in [-0.3, -0.25) is 4.79 Å². The van der Waals surface area contributed by atoms with Crippen LogP contribution in [0.25, 0.3) is 10.9 Å². The third-order valence-electron chi connectivity index (χ3n) is 4.76. The number of ether oxygens (including phenoxy) is 2. The van der Waals surface area contributed by atoms with E-state index in [0.717, 1.165) is 4.47 Å². The molecule has 4 rings (SSSR count). The maximum Gasteiger partial charge on any atom is 0.282 e. The molecule has 0 aliphatic rings. The Kier molecular flexibility index (Phi) is 6.32. The van der Waals surface area contributed by atoms with Crippen molar-refractivity contribution in [3.63, 3.8) is 0 Å². The smallest absolute Gasteiger partial charge is 0.282 e. The molecule has 1 aromatic heterocycles. The molecule has 0 aliphatic carbocycles. The Bertz CT molecular complexity index is 1370. The highest BCUT2D eigenvalue weighted by molar-refractivity contribution is 9.10. The number of nitrogens with zero attached hydrogens (tertiary/aromatic N) is 3. The van der Waals surface area contributed by atoms with Crippen LogP contribution < -0.4 is 15.0 Å². The van der Waals surface area contributed by atoms with Crippen molar-refractivity contribution >= 4 is 33.0 Å². The third-order valence-corrected chi connectivity index (χ3v) is 5.25. The molecule has 0 amide bonds. The van der Waals surface area contributed by atoms with Crippen LogP contribution in [-0.4, -0.2) is 23.0 Å². The van der Waals surface area contributed by atoms with Crippen LogP contribution in [-0.2, 0) is 6.42 Å². The molecule has 0 spiro atoms. The molecular weight excluding hydrogens is 477 g/mol. The van der Waals surface area contributed by atoms with Gasteiger partial charge in [0.25, 0.3) is 5.56 Å². The molecule has 0 unspecified atom stereocenters. The maximum atomic E-state index is 14.5. The van der Waals surface area contributed by atoms with Crippen LogP contribution in [0, 0.1) is 5.82 Å². The molecule has 0 N–H and O–H groups in total. The van der Waals surface area contributed by atoms with E-state index in [9.17, 15) is 9.18 Å². The summed E-state index contributed by atoms with van der Waals surface area (Å²) in [5, 5.41) is 4.79. The first-order chi connectivity index (χ1) is 15.5. The number of aryl methyl sites for hydroxylation is 1. The first-order valence-corrected chi connectivity index (χ1v) is 10.7. The Labute approximate surface area is 192 Å². The lowest BCUT2D eigenvalue weighted by Crippen LogP contribution is -2.22. The van der Waals surface area contributed by atoms with Gasteiger partial charge in [0.15, 0.2) is 11.6 Å². The molecule has 0 aliphatic heterocycles. The van der Waals surface area contributed by atoms with Crippen LogP contribution >= 0.6 is 15.9 Å². The van der Waals surface area contributed by atoms with Crippen molar-refractivity contribution < 1.29 is 13.9 Å². The van der Waals surface area contributed by atoms with Crippen LogP contribution in [0.2, 0.25) is 0 Å². The Balaban J connectivity index is 1.79. The molecule has 0 atom stereocenters. The minimum absolute atomic E-state index is 0.0158. The van der Waals surface area contributed by atoms with Crippen LogP contribution in [0.15, 0.2) is 75.0 Å². The molecule has 0 saturated carbocycles. The average molecular weight is 496 g/mol. The van der Waals surface area contributed by atoms with Crippen molar-refractivity contribution in [1.29, 1.82) is 0 Å². The SMILES string of the molecule is CCc1nc2ccc(Br)cc2c(=O)n1N=Cc1cc(Oc2ccccc2)c(F)cc1OC. The minimum Gasteiger partial charge on any atom is -0.496 e. The summed E-state index contributed by atoms with van der Waals surface area (Å²) in [6.07, 6.45) is 1.93.